The second-order valence-corrected chi connectivity index (χ2v) is 5.48. The zero-order valence-electron chi connectivity index (χ0n) is 11.9. The van der Waals surface area contributed by atoms with Crippen molar-refractivity contribution in [3.8, 4) is 0 Å². The molecule has 0 spiro atoms. The van der Waals surface area contributed by atoms with Gasteiger partial charge >= 0.3 is 0 Å². The predicted octanol–water partition coefficient (Wildman–Crippen LogP) is 2.62. The number of ketones is 1. The van der Waals surface area contributed by atoms with Gasteiger partial charge in [0.15, 0.2) is 5.78 Å². The van der Waals surface area contributed by atoms with E-state index in [9.17, 15) is 9.59 Å². The molecule has 1 aromatic carbocycles. The summed E-state index contributed by atoms with van der Waals surface area (Å²) in [6.45, 7) is 6.37. The van der Waals surface area contributed by atoms with Crippen molar-refractivity contribution in [2.45, 2.75) is 39.0 Å². The molecule has 1 aromatic rings. The second kappa shape index (κ2) is 6.48. The molecule has 0 bridgehead atoms. The van der Waals surface area contributed by atoms with Gasteiger partial charge in [-0.05, 0) is 11.0 Å². The normalized spacial score (nSPS) is 11.2. The Morgan fingerprint density at radius 2 is 1.68 bits per heavy atom. The van der Waals surface area contributed by atoms with Gasteiger partial charge < -0.3 is 0 Å². The first-order valence-corrected chi connectivity index (χ1v) is 6.30. The van der Waals surface area contributed by atoms with Crippen molar-refractivity contribution in [2.75, 3.05) is 7.11 Å². The number of rotatable bonds is 5. The van der Waals surface area contributed by atoms with Crippen molar-refractivity contribution in [2.24, 2.45) is 0 Å². The molecule has 1 amide bonds. The van der Waals surface area contributed by atoms with Crippen LogP contribution in [0, 0.1) is 0 Å². The summed E-state index contributed by atoms with van der Waals surface area (Å²) in [6.07, 6.45) is 0.317. The zero-order chi connectivity index (χ0) is 14.5. The number of carbonyl (C=O) groups is 2. The lowest BCUT2D eigenvalue weighted by Gasteiger charge is -2.18. The molecule has 0 atom stereocenters. The van der Waals surface area contributed by atoms with Crippen molar-refractivity contribution >= 4 is 11.7 Å². The van der Waals surface area contributed by atoms with E-state index in [1.165, 1.54) is 12.7 Å². The molecule has 4 nitrogen and oxygen atoms in total. The molecule has 4 heteroatoms. The maximum atomic E-state index is 11.9. The van der Waals surface area contributed by atoms with E-state index in [0.717, 1.165) is 0 Å². The number of carbonyl (C=O) groups excluding carboxylic acids is 2. The number of hydrogen-bond acceptors (Lipinski definition) is 3. The Balaban J connectivity index is 2.61. The molecule has 0 unspecified atom stereocenters. The molecule has 0 saturated carbocycles. The highest BCUT2D eigenvalue weighted by molar-refractivity contribution is 5.97. The number of amides is 1. The summed E-state index contributed by atoms with van der Waals surface area (Å²) < 4.78 is 0. The average molecular weight is 263 g/mol. The van der Waals surface area contributed by atoms with E-state index in [2.05, 4.69) is 31.1 Å². The molecule has 0 heterocycles. The first-order valence-electron chi connectivity index (χ1n) is 6.30. The summed E-state index contributed by atoms with van der Waals surface area (Å²) in [6, 6.07) is 7.55. The van der Waals surface area contributed by atoms with Crippen LogP contribution < -0.4 is 5.48 Å². The van der Waals surface area contributed by atoms with Gasteiger partial charge in [0, 0.05) is 18.4 Å². The van der Waals surface area contributed by atoms with Crippen molar-refractivity contribution in [1.29, 1.82) is 0 Å². The summed E-state index contributed by atoms with van der Waals surface area (Å²) in [7, 11) is 1.37. The summed E-state index contributed by atoms with van der Waals surface area (Å²) in [5, 5.41) is 0. The topological polar surface area (TPSA) is 55.4 Å². The number of hydrogen-bond donors (Lipinski definition) is 1. The fraction of sp³-hybridized carbons (Fsp3) is 0.467. The van der Waals surface area contributed by atoms with Crippen molar-refractivity contribution in [3.63, 3.8) is 0 Å². The van der Waals surface area contributed by atoms with E-state index in [-0.39, 0.29) is 29.9 Å². The standard InChI is InChI=1S/C15H21NO3/c1-15(2,3)12-7-5-11(6-8-12)13(17)9-10-14(18)16-19-4/h5-8H,9-10H2,1-4H3,(H,16,18). The van der Waals surface area contributed by atoms with E-state index in [0.29, 0.717) is 5.56 Å². The quantitative estimate of drug-likeness (QED) is 0.656. The molecule has 0 radical (unpaired) electrons. The summed E-state index contributed by atoms with van der Waals surface area (Å²) >= 11 is 0. The van der Waals surface area contributed by atoms with Gasteiger partial charge in [-0.3, -0.25) is 14.4 Å². The van der Waals surface area contributed by atoms with Crippen LogP contribution in [-0.4, -0.2) is 18.8 Å². The molecule has 0 aliphatic rings. The Kier molecular flexibility index (Phi) is 5.24. The molecule has 0 aromatic heterocycles. The van der Waals surface area contributed by atoms with Gasteiger partial charge in [0.05, 0.1) is 7.11 Å². The molecule has 0 saturated heterocycles. The number of hydroxylamine groups is 1. The van der Waals surface area contributed by atoms with Crippen LogP contribution in [-0.2, 0) is 15.0 Å². The largest absolute Gasteiger partial charge is 0.294 e. The van der Waals surface area contributed by atoms with Crippen LogP contribution in [0.5, 0.6) is 0 Å². The first kappa shape index (κ1) is 15.4. The Morgan fingerprint density at radius 3 is 2.16 bits per heavy atom. The fourth-order valence-corrected chi connectivity index (χ4v) is 1.69. The third kappa shape index (κ3) is 4.83. The minimum Gasteiger partial charge on any atom is -0.294 e. The van der Waals surface area contributed by atoms with Gasteiger partial charge in [-0.1, -0.05) is 45.0 Å². The molecular weight excluding hydrogens is 242 g/mol. The van der Waals surface area contributed by atoms with Crippen LogP contribution in [0.1, 0.15) is 49.5 Å². The summed E-state index contributed by atoms with van der Waals surface area (Å²) in [5.74, 6) is -0.325. The van der Waals surface area contributed by atoms with Crippen molar-refractivity contribution in [3.05, 3.63) is 35.4 Å². The molecule has 0 fully saturated rings. The van der Waals surface area contributed by atoms with E-state index < -0.39 is 0 Å². The molecule has 1 N–H and O–H groups in total. The summed E-state index contributed by atoms with van der Waals surface area (Å²) in [4.78, 5) is 27.6. The van der Waals surface area contributed by atoms with E-state index in [1.54, 1.807) is 0 Å². The van der Waals surface area contributed by atoms with Gasteiger partial charge in [0.1, 0.15) is 0 Å². The summed E-state index contributed by atoms with van der Waals surface area (Å²) in [5.41, 5.74) is 4.08. The first-order chi connectivity index (χ1) is 8.84. The Morgan fingerprint density at radius 1 is 1.11 bits per heavy atom. The van der Waals surface area contributed by atoms with Crippen LogP contribution in [0.15, 0.2) is 24.3 Å². The Bertz CT molecular complexity index is 443. The van der Waals surface area contributed by atoms with Gasteiger partial charge in [0.25, 0.3) is 0 Å². The second-order valence-electron chi connectivity index (χ2n) is 5.48. The number of benzene rings is 1. The Hall–Kier alpha value is -1.68. The molecular formula is C15H21NO3. The molecule has 0 aliphatic heterocycles. The van der Waals surface area contributed by atoms with E-state index in [4.69, 9.17) is 0 Å². The molecule has 19 heavy (non-hydrogen) atoms. The molecule has 0 aliphatic carbocycles. The van der Waals surface area contributed by atoms with Crippen LogP contribution in [0.2, 0.25) is 0 Å². The lowest BCUT2D eigenvalue weighted by atomic mass is 9.86. The minimum atomic E-state index is -0.290. The van der Waals surface area contributed by atoms with Crippen LogP contribution >= 0.6 is 0 Å². The van der Waals surface area contributed by atoms with Crippen LogP contribution in [0.3, 0.4) is 0 Å². The third-order valence-electron chi connectivity index (χ3n) is 2.87. The van der Waals surface area contributed by atoms with Crippen LogP contribution in [0.25, 0.3) is 0 Å². The lowest BCUT2D eigenvalue weighted by Crippen LogP contribution is -2.22. The van der Waals surface area contributed by atoms with Gasteiger partial charge in [-0.2, -0.15) is 0 Å². The molecule has 1 rings (SSSR count). The highest BCUT2D eigenvalue weighted by Gasteiger charge is 2.14. The fourth-order valence-electron chi connectivity index (χ4n) is 1.69. The smallest absolute Gasteiger partial charge is 0.243 e. The van der Waals surface area contributed by atoms with Crippen LogP contribution in [0.4, 0.5) is 0 Å². The highest BCUT2D eigenvalue weighted by Crippen LogP contribution is 2.22. The lowest BCUT2D eigenvalue weighted by molar-refractivity contribution is -0.131. The van der Waals surface area contributed by atoms with E-state index >= 15 is 0 Å². The zero-order valence-corrected chi connectivity index (χ0v) is 11.9. The predicted molar refractivity (Wildman–Crippen MR) is 73.9 cm³/mol. The maximum absolute atomic E-state index is 11.9. The highest BCUT2D eigenvalue weighted by atomic mass is 16.6. The van der Waals surface area contributed by atoms with Gasteiger partial charge in [-0.25, -0.2) is 5.48 Å². The van der Waals surface area contributed by atoms with E-state index in [1.807, 2.05) is 24.3 Å². The number of Topliss-reactive ketones (excluding diaryl/α,β-unsaturated/α-hetero) is 1. The SMILES string of the molecule is CONC(=O)CCC(=O)c1ccc(C(C)(C)C)cc1. The third-order valence-corrected chi connectivity index (χ3v) is 2.87. The monoisotopic (exact) mass is 263 g/mol. The Labute approximate surface area is 114 Å². The van der Waals surface area contributed by atoms with Gasteiger partial charge in [0.2, 0.25) is 5.91 Å². The molecule has 104 valence electrons. The minimum absolute atomic E-state index is 0.0355. The average Bonchev–Trinajstić information content (AvgIpc) is 2.35. The number of nitrogens with one attached hydrogen (secondary N) is 1. The maximum Gasteiger partial charge on any atom is 0.243 e. The van der Waals surface area contributed by atoms with Gasteiger partial charge in [-0.15, -0.1) is 0 Å². The van der Waals surface area contributed by atoms with Crippen molar-refractivity contribution < 1.29 is 14.4 Å². The van der Waals surface area contributed by atoms with Crippen molar-refractivity contribution in [1.82, 2.24) is 5.48 Å².